The van der Waals surface area contributed by atoms with Crippen LogP contribution in [-0.4, -0.2) is 252 Å². The van der Waals surface area contributed by atoms with Crippen molar-refractivity contribution < 1.29 is 70.7 Å². The van der Waals surface area contributed by atoms with Crippen LogP contribution in [-0.2, 0) is 76.6 Å². The lowest BCUT2D eigenvalue weighted by molar-refractivity contribution is -0.154. The summed E-state index contributed by atoms with van der Waals surface area (Å²) in [5.74, 6) is -10.0. The number of carbonyl (C=O) groups is 12. The van der Waals surface area contributed by atoms with Gasteiger partial charge in [0.25, 0.3) is 0 Å². The Kier molecular flexibility index (Phi) is 29.6. The third-order valence-electron chi connectivity index (χ3n) is 19.3. The van der Waals surface area contributed by atoms with Crippen LogP contribution >= 0.6 is 23.2 Å². The molecule has 12 amide bonds. The summed E-state index contributed by atoms with van der Waals surface area (Å²) in [4.78, 5) is 185. The molecular weight excluding hydrogens is 1300 g/mol. The minimum atomic E-state index is -4.79. The lowest BCUT2D eigenvalue weighted by Crippen LogP contribution is -2.61. The molecule has 0 aromatic heterocycles. The lowest BCUT2D eigenvalue weighted by atomic mass is 9.84. The molecule has 2 aliphatic heterocycles. The van der Waals surface area contributed by atoms with Crippen LogP contribution in [0.15, 0.2) is 42.5 Å². The summed E-state index contributed by atoms with van der Waals surface area (Å²) in [6.45, 7) is 8.54. The Hall–Kier alpha value is -7.55. The molecule has 538 valence electrons. The van der Waals surface area contributed by atoms with E-state index in [1.807, 2.05) is 0 Å². The molecule has 2 heterocycles. The molecule has 97 heavy (non-hydrogen) atoms. The number of carbonyl (C=O) groups excluding carboxylic acids is 12. The number of likely N-dealkylation sites (N-methyl/N-ethyl adjacent to an activating group) is 8. The second-order valence-electron chi connectivity index (χ2n) is 26.8. The minimum Gasteiger partial charge on any atom is -0.343 e. The second kappa shape index (κ2) is 35.8. The first kappa shape index (κ1) is 80.1. The van der Waals surface area contributed by atoms with E-state index in [0.29, 0.717) is 37.9 Å². The van der Waals surface area contributed by atoms with Gasteiger partial charge in [0.2, 0.25) is 70.9 Å². The van der Waals surface area contributed by atoms with E-state index in [4.69, 9.17) is 23.2 Å². The second-order valence-corrected chi connectivity index (χ2v) is 27.6. The van der Waals surface area contributed by atoms with Gasteiger partial charge in [0, 0.05) is 80.9 Å². The third-order valence-corrected chi connectivity index (χ3v) is 20.0. The van der Waals surface area contributed by atoms with E-state index in [1.54, 1.807) is 52.0 Å². The van der Waals surface area contributed by atoms with Crippen molar-refractivity contribution in [3.8, 4) is 0 Å². The number of amides is 12. The van der Waals surface area contributed by atoms with Crippen molar-refractivity contribution in [1.82, 2.24) is 60.0 Å². The average Bonchev–Trinajstić information content (AvgIpc) is 1.47. The van der Waals surface area contributed by atoms with E-state index >= 15 is 9.59 Å². The summed E-state index contributed by atoms with van der Waals surface area (Å²) in [6.07, 6.45) is 0.0193. The van der Waals surface area contributed by atoms with Crippen LogP contribution < -0.4 is 16.0 Å². The Balaban J connectivity index is 1.61. The summed E-state index contributed by atoms with van der Waals surface area (Å²) in [7, 11) is 10.7. The molecule has 0 radical (unpaired) electrons. The highest BCUT2D eigenvalue weighted by Crippen LogP contribution is 2.36. The van der Waals surface area contributed by atoms with Gasteiger partial charge in [-0.05, 0) is 93.0 Å². The fraction of sp³-hybridized carbons (Fsp3) is 0.647. The number of nitrogens with zero attached hydrogens (tertiary/aromatic N) is 9. The zero-order chi connectivity index (χ0) is 72.7. The van der Waals surface area contributed by atoms with Gasteiger partial charge in [0.15, 0.2) is 0 Å². The predicted molar refractivity (Wildman–Crippen MR) is 359 cm³/mol. The van der Waals surface area contributed by atoms with Crippen molar-refractivity contribution in [2.24, 2.45) is 17.8 Å². The van der Waals surface area contributed by atoms with E-state index in [9.17, 15) is 61.1 Å². The molecule has 0 spiro atoms. The fourth-order valence-corrected chi connectivity index (χ4v) is 13.1. The SMILES string of the molecule is CC[C@H](C)[C@@H]1NC(=O)[C@H](C)N(C)C(=O)CC(C(=O)N2CCCC2)N(C)C(=O)[C@H](C(C)C)N(C)C(=O)[C@H](C)NC(=O)[C@H](Cc2ccccc2Cl)N(C)C(=O)[C@H](CCc2ccc(C(F)(F)F)c(Cl)c2)NC(=O)CN(C)C(=O)[C@H](CC2CCCCC2)N(C)C(=O)CN(C)C(=O)CN(C)C1=O. The number of hydrogen-bond acceptors (Lipinski definition) is 12. The minimum absolute atomic E-state index is 0.00661. The molecule has 1 aliphatic carbocycles. The maximum atomic E-state index is 15.2. The van der Waals surface area contributed by atoms with Gasteiger partial charge in [-0.1, -0.05) is 114 Å². The Morgan fingerprint density at radius 3 is 1.80 bits per heavy atom. The number of alkyl halides is 3. The first-order valence-electron chi connectivity index (χ1n) is 33.2. The number of nitrogens with one attached hydrogen (secondary N) is 3. The summed E-state index contributed by atoms with van der Waals surface area (Å²) in [6, 6.07) is -1.39. The third kappa shape index (κ3) is 21.2. The molecule has 2 saturated heterocycles. The molecule has 3 N–H and O–H groups in total. The van der Waals surface area contributed by atoms with Crippen LogP contribution in [0, 0.1) is 17.8 Å². The average molecular weight is 1400 g/mol. The fourth-order valence-electron chi connectivity index (χ4n) is 12.6. The number of likely N-dealkylation sites (tertiary alicyclic amines) is 1. The van der Waals surface area contributed by atoms with Crippen molar-refractivity contribution in [2.45, 2.75) is 180 Å². The molecule has 0 bridgehead atoms. The molecule has 2 aromatic rings. The van der Waals surface area contributed by atoms with Gasteiger partial charge in [-0.15, -0.1) is 0 Å². The molecule has 5 rings (SSSR count). The molecular formula is C68H99Cl2F3N12O12. The van der Waals surface area contributed by atoms with E-state index in [2.05, 4.69) is 16.0 Å². The quantitative estimate of drug-likeness (QED) is 0.272. The number of benzene rings is 2. The van der Waals surface area contributed by atoms with Crippen LogP contribution in [0.4, 0.5) is 13.2 Å². The van der Waals surface area contributed by atoms with Crippen LogP contribution in [0.2, 0.25) is 10.0 Å². The van der Waals surface area contributed by atoms with E-state index in [0.717, 1.165) is 78.5 Å². The predicted octanol–water partition coefficient (Wildman–Crippen LogP) is 4.89. The van der Waals surface area contributed by atoms with Gasteiger partial charge in [-0.3, -0.25) is 57.5 Å². The highest BCUT2D eigenvalue weighted by Gasteiger charge is 2.44. The largest absolute Gasteiger partial charge is 0.417 e. The topological polar surface area (TPSA) is 270 Å². The monoisotopic (exact) mass is 1400 g/mol. The van der Waals surface area contributed by atoms with E-state index in [-0.39, 0.29) is 42.2 Å². The van der Waals surface area contributed by atoms with Gasteiger partial charge in [-0.2, -0.15) is 13.2 Å². The number of rotatable bonds is 11. The zero-order valence-electron chi connectivity index (χ0n) is 58.4. The summed E-state index contributed by atoms with van der Waals surface area (Å²) in [5.41, 5.74) is -0.481. The number of halogens is 5. The van der Waals surface area contributed by atoms with Crippen molar-refractivity contribution in [3.05, 3.63) is 69.2 Å². The maximum absolute atomic E-state index is 15.2. The molecule has 29 heteroatoms. The normalized spacial score (nSPS) is 25.1. The Morgan fingerprint density at radius 1 is 0.608 bits per heavy atom. The number of hydrogen-bond donors (Lipinski definition) is 3. The van der Waals surface area contributed by atoms with Crippen molar-refractivity contribution in [3.63, 3.8) is 0 Å². The molecule has 1 unspecified atom stereocenters. The maximum Gasteiger partial charge on any atom is 0.417 e. The Labute approximate surface area is 577 Å². The molecule has 3 aliphatic rings. The van der Waals surface area contributed by atoms with Crippen molar-refractivity contribution >= 4 is 94.1 Å². The standard InChI is InChI=1S/C68H99Cl2F3N12O12/c1-15-41(4)58-66(96)79(9)38-56(88)77(7)39-57(89)81(11)52(34-44-23-17-16-18-24-44)64(94)78(8)37-54(86)75-50(30-28-45-27-29-47(49(70)33-45)68(71,72)73)63(93)82(12)51(35-46-25-19-20-26-48(46)69)61(91)74-42(5)62(92)84(14)59(40(2)3)67(97)83(13)53(65(95)85-31-21-22-32-85)36-55(87)80(10)43(6)60(90)76-58/h19-20,25-27,29,33,40-44,50-53,58-59H,15-18,21-24,28,30-32,34-39H2,1-14H3,(H,74,91)(H,75,86)(H,76,90)/t41-,42-,43-,50-,51-,52-,53?,58-,59-/m0/s1. The van der Waals surface area contributed by atoms with Gasteiger partial charge >= 0.3 is 6.18 Å². The molecule has 24 nitrogen and oxygen atoms in total. The van der Waals surface area contributed by atoms with E-state index in [1.165, 1.54) is 86.1 Å². The summed E-state index contributed by atoms with van der Waals surface area (Å²) in [5, 5.41) is 7.74. The Bertz CT molecular complexity index is 3190. The van der Waals surface area contributed by atoms with Crippen LogP contribution in [0.25, 0.3) is 0 Å². The highest BCUT2D eigenvalue weighted by molar-refractivity contribution is 6.31. The first-order chi connectivity index (χ1) is 45.4. The molecule has 3 fully saturated rings. The molecule has 2 aromatic carbocycles. The van der Waals surface area contributed by atoms with Gasteiger partial charge in [-0.25, -0.2) is 0 Å². The van der Waals surface area contributed by atoms with E-state index < -0.39 is 174 Å². The van der Waals surface area contributed by atoms with Gasteiger partial charge in [0.05, 0.1) is 36.6 Å². The van der Waals surface area contributed by atoms with Crippen LogP contribution in [0.1, 0.15) is 129 Å². The van der Waals surface area contributed by atoms with Crippen molar-refractivity contribution in [1.29, 1.82) is 0 Å². The smallest absolute Gasteiger partial charge is 0.343 e. The molecule has 1 saturated carbocycles. The Morgan fingerprint density at radius 2 is 1.22 bits per heavy atom. The van der Waals surface area contributed by atoms with Gasteiger partial charge < -0.3 is 60.0 Å². The van der Waals surface area contributed by atoms with Crippen LogP contribution in [0.3, 0.4) is 0 Å². The lowest BCUT2D eigenvalue weighted by Gasteiger charge is -2.38. The van der Waals surface area contributed by atoms with Crippen molar-refractivity contribution in [2.75, 3.05) is 89.1 Å². The van der Waals surface area contributed by atoms with Gasteiger partial charge in [0.1, 0.15) is 48.3 Å². The first-order valence-corrected chi connectivity index (χ1v) is 34.0. The molecule has 9 atom stereocenters. The number of aryl methyl sites for hydroxylation is 1. The zero-order valence-corrected chi connectivity index (χ0v) is 59.9. The van der Waals surface area contributed by atoms with Crippen LogP contribution in [0.5, 0.6) is 0 Å². The highest BCUT2D eigenvalue weighted by atomic mass is 35.5. The summed E-state index contributed by atoms with van der Waals surface area (Å²) < 4.78 is 41.6. The summed E-state index contributed by atoms with van der Waals surface area (Å²) >= 11 is 12.8.